The summed E-state index contributed by atoms with van der Waals surface area (Å²) in [7, 11) is 0. The van der Waals surface area contributed by atoms with Crippen molar-refractivity contribution < 1.29 is 29.0 Å². The number of hydrogen-bond acceptors (Lipinski definition) is 5. The Balaban J connectivity index is 2.14. The maximum absolute atomic E-state index is 12.6. The van der Waals surface area contributed by atoms with E-state index in [1.165, 1.54) is 0 Å². The summed E-state index contributed by atoms with van der Waals surface area (Å²) < 4.78 is 10.3. The standard InChI is InChI=1S/C21H23NO6/c1-15(2)18(19(23)24)22(20(25)27-13-16-9-5-3-6-10-16)21(26)28-14-17-11-7-4-8-12-17/h3-12,15,18H,13-14H2,1-2H3,(H,23,24)/t18-/m0/s1. The molecule has 28 heavy (non-hydrogen) atoms. The number of carboxylic acids is 1. The van der Waals surface area contributed by atoms with Crippen LogP contribution in [0.3, 0.4) is 0 Å². The van der Waals surface area contributed by atoms with Crippen LogP contribution in [0.25, 0.3) is 0 Å². The summed E-state index contributed by atoms with van der Waals surface area (Å²) in [5.74, 6) is -1.85. The topological polar surface area (TPSA) is 93.1 Å². The van der Waals surface area contributed by atoms with Gasteiger partial charge in [-0.15, -0.1) is 0 Å². The Bertz CT molecular complexity index is 736. The van der Waals surface area contributed by atoms with Gasteiger partial charge in [-0.1, -0.05) is 74.5 Å². The molecule has 1 N–H and O–H groups in total. The SMILES string of the molecule is CC(C)[C@@H](C(=O)O)N(C(=O)OCc1ccccc1)C(=O)OCc1ccccc1. The molecule has 2 aromatic rings. The summed E-state index contributed by atoms with van der Waals surface area (Å²) in [5.41, 5.74) is 1.43. The Hall–Kier alpha value is -3.35. The Morgan fingerprint density at radius 2 is 1.21 bits per heavy atom. The number of carbonyl (C=O) groups excluding carboxylic acids is 2. The number of rotatable bonds is 7. The third-order valence-corrected chi connectivity index (χ3v) is 3.97. The predicted molar refractivity (Wildman–Crippen MR) is 101 cm³/mol. The van der Waals surface area contributed by atoms with Gasteiger partial charge in [-0.3, -0.25) is 0 Å². The molecule has 0 bridgehead atoms. The Morgan fingerprint density at radius 1 is 0.821 bits per heavy atom. The lowest BCUT2D eigenvalue weighted by Gasteiger charge is -2.28. The molecule has 0 radical (unpaired) electrons. The predicted octanol–water partition coefficient (Wildman–Crippen LogP) is 4.07. The highest BCUT2D eigenvalue weighted by Gasteiger charge is 2.39. The van der Waals surface area contributed by atoms with Crippen molar-refractivity contribution in [2.24, 2.45) is 5.92 Å². The molecule has 0 saturated heterocycles. The van der Waals surface area contributed by atoms with Gasteiger partial charge in [-0.2, -0.15) is 4.90 Å². The summed E-state index contributed by atoms with van der Waals surface area (Å²) in [5, 5.41) is 9.53. The Morgan fingerprint density at radius 3 is 1.54 bits per heavy atom. The van der Waals surface area contributed by atoms with E-state index in [-0.39, 0.29) is 13.2 Å². The molecule has 148 valence electrons. The van der Waals surface area contributed by atoms with E-state index >= 15 is 0 Å². The highest BCUT2D eigenvalue weighted by Crippen LogP contribution is 2.16. The quantitative estimate of drug-likeness (QED) is 0.772. The lowest BCUT2D eigenvalue weighted by Crippen LogP contribution is -2.51. The first-order valence-corrected chi connectivity index (χ1v) is 8.83. The Kier molecular flexibility index (Phi) is 7.56. The van der Waals surface area contributed by atoms with E-state index in [0.717, 1.165) is 0 Å². The van der Waals surface area contributed by atoms with Crippen molar-refractivity contribution in [3.8, 4) is 0 Å². The van der Waals surface area contributed by atoms with Gasteiger partial charge in [0.15, 0.2) is 0 Å². The summed E-state index contributed by atoms with van der Waals surface area (Å²) in [6, 6.07) is 16.4. The molecule has 1 atom stereocenters. The fraction of sp³-hybridized carbons (Fsp3) is 0.286. The zero-order chi connectivity index (χ0) is 20.5. The molecule has 0 aliphatic carbocycles. The van der Waals surface area contributed by atoms with Crippen LogP contribution in [-0.4, -0.2) is 34.2 Å². The number of carbonyl (C=O) groups is 3. The normalized spacial score (nSPS) is 11.5. The third-order valence-electron chi connectivity index (χ3n) is 3.97. The van der Waals surface area contributed by atoms with E-state index in [1.807, 2.05) is 12.1 Å². The molecular weight excluding hydrogens is 362 g/mol. The number of carboxylic acid groups (broad SMARTS) is 1. The third kappa shape index (κ3) is 5.84. The van der Waals surface area contributed by atoms with Crippen LogP contribution in [0.1, 0.15) is 25.0 Å². The summed E-state index contributed by atoms with van der Waals surface area (Å²) in [6.07, 6.45) is -2.13. The van der Waals surface area contributed by atoms with Crippen molar-refractivity contribution in [3.63, 3.8) is 0 Å². The monoisotopic (exact) mass is 385 g/mol. The lowest BCUT2D eigenvalue weighted by molar-refractivity contribution is -0.143. The van der Waals surface area contributed by atoms with Crippen molar-refractivity contribution in [1.29, 1.82) is 0 Å². The van der Waals surface area contributed by atoms with Crippen molar-refractivity contribution in [3.05, 3.63) is 71.8 Å². The zero-order valence-corrected chi connectivity index (χ0v) is 15.8. The van der Waals surface area contributed by atoms with Crippen molar-refractivity contribution >= 4 is 18.2 Å². The fourth-order valence-electron chi connectivity index (χ4n) is 2.57. The zero-order valence-electron chi connectivity index (χ0n) is 15.8. The minimum absolute atomic E-state index is 0.0907. The van der Waals surface area contributed by atoms with Gasteiger partial charge in [0.1, 0.15) is 19.3 Å². The molecule has 0 aromatic heterocycles. The van der Waals surface area contributed by atoms with Crippen LogP contribution in [0.15, 0.2) is 60.7 Å². The number of benzene rings is 2. The first-order chi connectivity index (χ1) is 13.4. The van der Waals surface area contributed by atoms with E-state index in [2.05, 4.69) is 0 Å². The second-order valence-electron chi connectivity index (χ2n) is 6.48. The van der Waals surface area contributed by atoms with Crippen LogP contribution >= 0.6 is 0 Å². The van der Waals surface area contributed by atoms with Gasteiger partial charge in [-0.25, -0.2) is 14.4 Å². The number of amides is 2. The smallest absolute Gasteiger partial charge is 0.420 e. The van der Waals surface area contributed by atoms with Crippen molar-refractivity contribution in [1.82, 2.24) is 4.90 Å². The highest BCUT2D eigenvalue weighted by atomic mass is 16.6. The van der Waals surface area contributed by atoms with Crippen LogP contribution in [-0.2, 0) is 27.5 Å². The van der Waals surface area contributed by atoms with E-state index in [4.69, 9.17) is 9.47 Å². The summed E-state index contributed by atoms with van der Waals surface area (Å²) in [4.78, 5) is 37.3. The van der Waals surface area contributed by atoms with Crippen molar-refractivity contribution in [2.45, 2.75) is 33.1 Å². The molecule has 0 aliphatic rings. The van der Waals surface area contributed by atoms with Gasteiger partial charge < -0.3 is 14.6 Å². The molecule has 7 heteroatoms. The molecule has 0 unspecified atom stereocenters. The fourth-order valence-corrected chi connectivity index (χ4v) is 2.57. The molecule has 2 aromatic carbocycles. The highest BCUT2D eigenvalue weighted by molar-refractivity contribution is 5.93. The van der Waals surface area contributed by atoms with Gasteiger partial charge in [0.05, 0.1) is 0 Å². The van der Waals surface area contributed by atoms with E-state index < -0.39 is 30.1 Å². The first kappa shape index (κ1) is 21.0. The molecule has 2 rings (SSSR count). The number of aliphatic carboxylic acids is 1. The first-order valence-electron chi connectivity index (χ1n) is 8.83. The molecule has 0 heterocycles. The minimum atomic E-state index is -1.41. The van der Waals surface area contributed by atoms with E-state index in [9.17, 15) is 19.5 Å². The average molecular weight is 385 g/mol. The van der Waals surface area contributed by atoms with Gasteiger partial charge in [0.2, 0.25) is 0 Å². The second kappa shape index (κ2) is 10.1. The minimum Gasteiger partial charge on any atom is -0.480 e. The van der Waals surface area contributed by atoms with Gasteiger partial charge in [0, 0.05) is 0 Å². The number of hydrogen-bond donors (Lipinski definition) is 1. The Labute approximate surface area is 163 Å². The number of imide groups is 1. The van der Waals surface area contributed by atoms with Crippen LogP contribution < -0.4 is 0 Å². The molecule has 0 saturated carbocycles. The van der Waals surface area contributed by atoms with Gasteiger partial charge in [0.25, 0.3) is 0 Å². The van der Waals surface area contributed by atoms with Crippen LogP contribution in [0.2, 0.25) is 0 Å². The van der Waals surface area contributed by atoms with Gasteiger partial charge >= 0.3 is 18.2 Å². The molecule has 0 aliphatic heterocycles. The molecule has 0 spiro atoms. The maximum Gasteiger partial charge on any atom is 0.420 e. The number of nitrogens with zero attached hydrogens (tertiary/aromatic N) is 1. The molecule has 2 amide bonds. The average Bonchev–Trinajstić information content (AvgIpc) is 2.69. The largest absolute Gasteiger partial charge is 0.480 e. The van der Waals surface area contributed by atoms with Gasteiger partial charge in [-0.05, 0) is 17.0 Å². The van der Waals surface area contributed by atoms with Crippen LogP contribution in [0, 0.1) is 5.92 Å². The summed E-state index contributed by atoms with van der Waals surface area (Å²) in [6.45, 7) is 3.01. The molecule has 7 nitrogen and oxygen atoms in total. The van der Waals surface area contributed by atoms with Crippen LogP contribution in [0.4, 0.5) is 9.59 Å². The maximum atomic E-state index is 12.6. The van der Waals surface area contributed by atoms with Crippen LogP contribution in [0.5, 0.6) is 0 Å². The summed E-state index contributed by atoms with van der Waals surface area (Å²) >= 11 is 0. The molecule has 0 fully saturated rings. The lowest BCUT2D eigenvalue weighted by atomic mass is 10.0. The number of ether oxygens (including phenoxy) is 2. The van der Waals surface area contributed by atoms with Crippen molar-refractivity contribution in [2.75, 3.05) is 0 Å². The molecular formula is C21H23NO6. The van der Waals surface area contributed by atoms with E-state index in [1.54, 1.807) is 62.4 Å². The second-order valence-corrected chi connectivity index (χ2v) is 6.48. The van der Waals surface area contributed by atoms with E-state index in [0.29, 0.717) is 16.0 Å².